The number of carbonyl (C=O) groups is 2. The highest BCUT2D eigenvalue weighted by Gasteiger charge is 2.44. The minimum Gasteiger partial charge on any atom is -0.394 e. The molecule has 1 saturated heterocycles. The molecule has 2 amide bonds. The van der Waals surface area contributed by atoms with Crippen LogP contribution in [0.3, 0.4) is 0 Å². The van der Waals surface area contributed by atoms with Crippen molar-refractivity contribution in [1.82, 2.24) is 10.2 Å². The molecule has 0 radical (unpaired) electrons. The molecule has 10 heteroatoms. The molecule has 0 aliphatic carbocycles. The summed E-state index contributed by atoms with van der Waals surface area (Å²) in [7, 11) is 3.27. The van der Waals surface area contributed by atoms with Crippen LogP contribution in [0.25, 0.3) is 0 Å². The van der Waals surface area contributed by atoms with E-state index in [0.717, 1.165) is 5.75 Å². The molecule has 1 unspecified atom stereocenters. The van der Waals surface area contributed by atoms with Gasteiger partial charge in [-0.05, 0) is 6.08 Å². The fraction of sp³-hybridized carbons (Fsp3) is 0.474. The first kappa shape index (κ1) is 22.1. The number of benzene rings is 1. The van der Waals surface area contributed by atoms with Crippen molar-refractivity contribution < 1.29 is 24.2 Å². The van der Waals surface area contributed by atoms with Crippen molar-refractivity contribution in [2.24, 2.45) is 5.73 Å². The Labute approximate surface area is 177 Å². The Bertz CT molecular complexity index is 751. The number of ether oxygens (including phenoxy) is 2. The van der Waals surface area contributed by atoms with Gasteiger partial charge < -0.3 is 19.9 Å². The highest BCUT2D eigenvalue weighted by Crippen LogP contribution is 2.30. The van der Waals surface area contributed by atoms with Crippen LogP contribution < -0.4 is 11.1 Å². The number of hydrogen-bond acceptors (Lipinski definition) is 8. The van der Waals surface area contributed by atoms with Crippen LogP contribution in [0.4, 0.5) is 4.79 Å². The molecule has 0 saturated carbocycles. The molecule has 4 N–H and O–H groups in total. The Morgan fingerprint density at radius 2 is 2.17 bits per heavy atom. The van der Waals surface area contributed by atoms with Crippen LogP contribution in [-0.4, -0.2) is 64.2 Å². The smallest absolute Gasteiger partial charge is 0.325 e. The quantitative estimate of drug-likeness (QED) is 0.231. The minimum absolute atomic E-state index is 0.209. The van der Waals surface area contributed by atoms with Crippen LogP contribution in [0.1, 0.15) is 23.7 Å². The van der Waals surface area contributed by atoms with Gasteiger partial charge in [0, 0.05) is 23.9 Å². The Morgan fingerprint density at radius 1 is 1.41 bits per heavy atom. The minimum atomic E-state index is -1.63. The lowest BCUT2D eigenvalue weighted by Crippen LogP contribution is -2.65. The summed E-state index contributed by atoms with van der Waals surface area (Å²) in [6, 6.07) is 8.01. The molecule has 3 rings (SSSR count). The Balaban J connectivity index is 1.66. The predicted molar refractivity (Wildman–Crippen MR) is 113 cm³/mol. The number of rotatable bonds is 9. The van der Waals surface area contributed by atoms with Crippen molar-refractivity contribution in [3.8, 4) is 0 Å². The summed E-state index contributed by atoms with van der Waals surface area (Å²) in [5.41, 5.74) is 4.93. The Hall–Kier alpha value is -1.56. The lowest BCUT2D eigenvalue weighted by atomic mass is 9.97. The number of carbonyl (C=O) groups excluding carboxylic acids is 2. The third-order valence-corrected chi connectivity index (χ3v) is 6.79. The fourth-order valence-electron chi connectivity index (χ4n) is 3.18. The van der Waals surface area contributed by atoms with Crippen LogP contribution in [0, 0.1) is 0 Å². The first-order valence-electron chi connectivity index (χ1n) is 9.29. The third kappa shape index (κ3) is 5.14. The average Bonchev–Trinajstić information content (AvgIpc) is 3.14. The number of nitrogens with zero attached hydrogens (tertiary/aromatic N) is 1. The van der Waals surface area contributed by atoms with Crippen LogP contribution in [-0.2, 0) is 9.47 Å². The monoisotopic (exact) mass is 439 g/mol. The number of amides is 2. The Morgan fingerprint density at radius 3 is 2.83 bits per heavy atom. The van der Waals surface area contributed by atoms with E-state index in [1.165, 1.54) is 17.2 Å². The van der Waals surface area contributed by atoms with Gasteiger partial charge in [0.15, 0.2) is 5.66 Å². The van der Waals surface area contributed by atoms with E-state index in [1.807, 2.05) is 0 Å². The van der Waals surface area contributed by atoms with Crippen LogP contribution in [0.2, 0.25) is 0 Å². The molecule has 1 fully saturated rings. The summed E-state index contributed by atoms with van der Waals surface area (Å²) in [4.78, 5) is 26.7. The lowest BCUT2D eigenvalue weighted by Gasteiger charge is -2.36. The normalized spacial score (nSPS) is 29.1. The predicted octanol–water partition coefficient (Wildman–Crippen LogP) is 1.91. The summed E-state index contributed by atoms with van der Waals surface area (Å²) in [5.74, 6) is 1.03. The van der Waals surface area contributed by atoms with Gasteiger partial charge in [-0.15, -0.1) is 0 Å². The highest BCUT2D eigenvalue weighted by molar-refractivity contribution is 8.76. The van der Waals surface area contributed by atoms with Crippen molar-refractivity contribution in [2.75, 3.05) is 18.3 Å². The van der Waals surface area contributed by atoms with E-state index in [1.54, 1.807) is 51.9 Å². The summed E-state index contributed by atoms with van der Waals surface area (Å²) < 4.78 is 11.6. The summed E-state index contributed by atoms with van der Waals surface area (Å²) in [6.07, 6.45) is 1.85. The third-order valence-electron chi connectivity index (χ3n) is 4.66. The second-order valence-electron chi connectivity index (χ2n) is 6.61. The lowest BCUT2D eigenvalue weighted by molar-refractivity contribution is -0.0622. The van der Waals surface area contributed by atoms with Crippen LogP contribution in [0.5, 0.6) is 0 Å². The van der Waals surface area contributed by atoms with Gasteiger partial charge in [0.05, 0.1) is 12.7 Å². The van der Waals surface area contributed by atoms with Crippen molar-refractivity contribution in [2.45, 2.75) is 37.4 Å². The van der Waals surface area contributed by atoms with Crippen molar-refractivity contribution in [3.63, 3.8) is 0 Å². The molecule has 158 valence electrons. The van der Waals surface area contributed by atoms with E-state index in [4.69, 9.17) is 15.2 Å². The van der Waals surface area contributed by atoms with E-state index in [9.17, 15) is 14.7 Å². The number of Topliss-reactive ketones (excluding diaryl/α,β-unsaturated/α-hetero) is 1. The molecule has 0 aromatic heterocycles. The first-order valence-corrected chi connectivity index (χ1v) is 11.8. The van der Waals surface area contributed by atoms with Gasteiger partial charge in [-0.2, -0.15) is 0 Å². The molecule has 2 aliphatic heterocycles. The topological polar surface area (TPSA) is 114 Å². The SMILES string of the molecule is CCSSCO[C@H]1C[C@H](N2C=CC(N)(C(=O)c3ccccc3)NC2=O)O[C@@H]1CO. The summed E-state index contributed by atoms with van der Waals surface area (Å²) in [5, 5.41) is 12.1. The average molecular weight is 440 g/mol. The molecule has 2 aliphatic rings. The zero-order valence-electron chi connectivity index (χ0n) is 16.0. The van der Waals surface area contributed by atoms with E-state index >= 15 is 0 Å². The molecule has 1 aromatic rings. The molecule has 0 spiro atoms. The largest absolute Gasteiger partial charge is 0.394 e. The molecule has 1 aromatic carbocycles. The summed E-state index contributed by atoms with van der Waals surface area (Å²) >= 11 is 0. The van der Waals surface area contributed by atoms with Crippen molar-refractivity contribution in [3.05, 3.63) is 48.2 Å². The van der Waals surface area contributed by atoms with E-state index in [0.29, 0.717) is 17.9 Å². The van der Waals surface area contributed by atoms with Gasteiger partial charge in [0.25, 0.3) is 0 Å². The van der Waals surface area contributed by atoms with Gasteiger partial charge in [0.2, 0.25) is 5.78 Å². The summed E-state index contributed by atoms with van der Waals surface area (Å²) in [6.45, 7) is 1.85. The molecule has 8 nitrogen and oxygen atoms in total. The molecular formula is C19H25N3O5S2. The van der Waals surface area contributed by atoms with E-state index < -0.39 is 29.8 Å². The second-order valence-corrected chi connectivity index (χ2v) is 9.31. The number of nitrogens with one attached hydrogen (secondary N) is 1. The second kappa shape index (κ2) is 9.96. The van der Waals surface area contributed by atoms with Gasteiger partial charge in [-0.25, -0.2) is 4.79 Å². The van der Waals surface area contributed by atoms with Gasteiger partial charge in [0.1, 0.15) is 18.3 Å². The standard InChI is InChI=1S/C19H25N3O5S2/c1-2-28-29-12-26-14-10-16(27-15(14)11-23)22-9-8-19(20,21-18(22)25)17(24)13-6-4-3-5-7-13/h3-9,14-16,23H,2,10-12,20H2,1H3,(H,21,25)/t14-,15+,16+,19?/m0/s1. The number of urea groups is 1. The van der Waals surface area contributed by atoms with E-state index in [2.05, 4.69) is 12.2 Å². The fourth-order valence-corrected chi connectivity index (χ4v) is 4.52. The molecule has 4 atom stereocenters. The number of ketones is 1. The van der Waals surface area contributed by atoms with Gasteiger partial charge in [-0.1, -0.05) is 58.8 Å². The van der Waals surface area contributed by atoms with Crippen LogP contribution >= 0.6 is 21.6 Å². The number of hydrogen-bond donors (Lipinski definition) is 3. The van der Waals surface area contributed by atoms with Crippen molar-refractivity contribution in [1.29, 1.82) is 0 Å². The molecule has 0 bridgehead atoms. The molecular weight excluding hydrogens is 414 g/mol. The van der Waals surface area contributed by atoms with Crippen LogP contribution in [0.15, 0.2) is 42.6 Å². The number of aliphatic hydroxyl groups is 1. The molecule has 2 heterocycles. The molecule has 29 heavy (non-hydrogen) atoms. The first-order chi connectivity index (χ1) is 14.0. The maximum Gasteiger partial charge on any atom is 0.325 e. The van der Waals surface area contributed by atoms with Gasteiger partial charge >= 0.3 is 6.03 Å². The zero-order chi connectivity index (χ0) is 20.9. The highest BCUT2D eigenvalue weighted by atomic mass is 33.1. The van der Waals surface area contributed by atoms with Crippen molar-refractivity contribution >= 4 is 33.4 Å². The number of nitrogens with two attached hydrogens (primary N) is 1. The van der Waals surface area contributed by atoms with Gasteiger partial charge in [-0.3, -0.25) is 15.4 Å². The van der Waals surface area contributed by atoms with E-state index in [-0.39, 0.29) is 12.7 Å². The maximum absolute atomic E-state index is 12.7. The zero-order valence-corrected chi connectivity index (χ0v) is 17.7. The number of aliphatic hydroxyl groups excluding tert-OH is 1. The Kier molecular flexibility index (Phi) is 7.60. The maximum atomic E-state index is 12.7.